The van der Waals surface area contributed by atoms with Crippen LogP contribution in [0.15, 0.2) is 41.4 Å². The third-order valence-electron chi connectivity index (χ3n) is 3.24. The molecule has 0 saturated carbocycles. The fourth-order valence-corrected chi connectivity index (χ4v) is 2.80. The first kappa shape index (κ1) is 13.6. The first-order chi connectivity index (χ1) is 9.65. The molecule has 0 spiro atoms. The normalized spacial score (nSPS) is 12.9. The Morgan fingerprint density at radius 3 is 2.90 bits per heavy atom. The SMILES string of the molecule is CC(Cl)c1nc2ccc(Br)cc2n1CCn1ccnc1. The van der Waals surface area contributed by atoms with E-state index in [1.165, 1.54) is 0 Å². The second-order valence-corrected chi connectivity index (χ2v) is 6.24. The minimum atomic E-state index is -0.121. The molecule has 0 bridgehead atoms. The summed E-state index contributed by atoms with van der Waals surface area (Å²) in [4.78, 5) is 8.70. The number of fused-ring (bicyclic) bond motifs is 1. The van der Waals surface area contributed by atoms with Gasteiger partial charge in [0.1, 0.15) is 5.82 Å². The van der Waals surface area contributed by atoms with Crippen molar-refractivity contribution < 1.29 is 0 Å². The molecule has 104 valence electrons. The Morgan fingerprint density at radius 2 is 2.20 bits per heavy atom. The number of imidazole rings is 2. The lowest BCUT2D eigenvalue weighted by atomic mass is 10.3. The highest BCUT2D eigenvalue weighted by Gasteiger charge is 2.15. The second kappa shape index (κ2) is 5.58. The van der Waals surface area contributed by atoms with Gasteiger partial charge in [0.05, 0.1) is 22.7 Å². The molecule has 0 aliphatic carbocycles. The van der Waals surface area contributed by atoms with Crippen molar-refractivity contribution in [3.8, 4) is 0 Å². The summed E-state index contributed by atoms with van der Waals surface area (Å²) < 4.78 is 5.27. The molecule has 0 aliphatic rings. The fraction of sp³-hybridized carbons (Fsp3) is 0.286. The summed E-state index contributed by atoms with van der Waals surface area (Å²) in [5.41, 5.74) is 2.07. The Balaban J connectivity index is 2.01. The van der Waals surface area contributed by atoms with Gasteiger partial charge in [0.2, 0.25) is 0 Å². The number of hydrogen-bond acceptors (Lipinski definition) is 2. The van der Waals surface area contributed by atoms with E-state index in [0.717, 1.165) is 34.4 Å². The topological polar surface area (TPSA) is 35.6 Å². The van der Waals surface area contributed by atoms with Crippen LogP contribution in [0.4, 0.5) is 0 Å². The predicted octanol–water partition coefficient (Wildman–Crippen LogP) is 4.00. The number of aromatic nitrogens is 4. The number of benzene rings is 1. The van der Waals surface area contributed by atoms with Crippen LogP contribution in [0.3, 0.4) is 0 Å². The third kappa shape index (κ3) is 2.60. The molecule has 0 aliphatic heterocycles. The molecule has 4 nitrogen and oxygen atoms in total. The van der Waals surface area contributed by atoms with Crippen molar-refractivity contribution in [2.75, 3.05) is 0 Å². The highest BCUT2D eigenvalue weighted by atomic mass is 79.9. The molecule has 3 aromatic rings. The summed E-state index contributed by atoms with van der Waals surface area (Å²) in [5, 5.41) is -0.121. The van der Waals surface area contributed by atoms with Crippen molar-refractivity contribution in [1.82, 2.24) is 19.1 Å². The number of aryl methyl sites for hydroxylation is 2. The number of alkyl halides is 1. The lowest BCUT2D eigenvalue weighted by molar-refractivity contribution is 0.569. The standard InChI is InChI=1S/C14H14BrClN4/c1-10(16)14-18-12-3-2-11(15)8-13(12)20(14)7-6-19-5-4-17-9-19/h2-5,8-10H,6-7H2,1H3. The summed E-state index contributed by atoms with van der Waals surface area (Å²) in [6.07, 6.45) is 5.56. The quantitative estimate of drug-likeness (QED) is 0.665. The van der Waals surface area contributed by atoms with E-state index in [0.29, 0.717) is 0 Å². The van der Waals surface area contributed by atoms with Gasteiger partial charge in [-0.3, -0.25) is 0 Å². The zero-order valence-corrected chi connectivity index (χ0v) is 13.3. The maximum atomic E-state index is 6.27. The van der Waals surface area contributed by atoms with Gasteiger partial charge < -0.3 is 9.13 Å². The molecule has 2 aromatic heterocycles. The van der Waals surface area contributed by atoms with Gasteiger partial charge in [0.15, 0.2) is 0 Å². The van der Waals surface area contributed by atoms with E-state index in [1.54, 1.807) is 6.20 Å². The van der Waals surface area contributed by atoms with Gasteiger partial charge in [-0.15, -0.1) is 11.6 Å². The first-order valence-corrected chi connectivity index (χ1v) is 7.63. The lowest BCUT2D eigenvalue weighted by Gasteiger charge is -2.11. The van der Waals surface area contributed by atoms with Crippen molar-refractivity contribution in [2.45, 2.75) is 25.4 Å². The van der Waals surface area contributed by atoms with E-state index >= 15 is 0 Å². The maximum absolute atomic E-state index is 6.27. The molecule has 20 heavy (non-hydrogen) atoms. The molecule has 0 fully saturated rings. The molecule has 3 rings (SSSR count). The van der Waals surface area contributed by atoms with Gasteiger partial charge in [0.25, 0.3) is 0 Å². The average Bonchev–Trinajstić information content (AvgIpc) is 3.03. The summed E-state index contributed by atoms with van der Waals surface area (Å²) in [7, 11) is 0. The van der Waals surface area contributed by atoms with Crippen LogP contribution in [-0.2, 0) is 13.1 Å². The smallest absolute Gasteiger partial charge is 0.127 e. The predicted molar refractivity (Wildman–Crippen MR) is 83.9 cm³/mol. The molecule has 0 N–H and O–H groups in total. The van der Waals surface area contributed by atoms with E-state index < -0.39 is 0 Å². The summed E-state index contributed by atoms with van der Waals surface area (Å²) in [6, 6.07) is 6.09. The van der Waals surface area contributed by atoms with Gasteiger partial charge in [-0.1, -0.05) is 15.9 Å². The number of nitrogens with zero attached hydrogens (tertiary/aromatic N) is 4. The largest absolute Gasteiger partial charge is 0.336 e. The summed E-state index contributed by atoms with van der Waals surface area (Å²) in [6.45, 7) is 3.61. The fourth-order valence-electron chi connectivity index (χ4n) is 2.29. The molecular weight excluding hydrogens is 340 g/mol. The van der Waals surface area contributed by atoms with Crippen LogP contribution in [0.5, 0.6) is 0 Å². The molecule has 0 amide bonds. The van der Waals surface area contributed by atoms with Crippen molar-refractivity contribution >= 4 is 38.6 Å². The van der Waals surface area contributed by atoms with Crippen molar-refractivity contribution in [3.63, 3.8) is 0 Å². The van der Waals surface area contributed by atoms with E-state index in [9.17, 15) is 0 Å². The molecule has 0 radical (unpaired) electrons. The van der Waals surface area contributed by atoms with Crippen molar-refractivity contribution in [3.05, 3.63) is 47.2 Å². The number of rotatable bonds is 4. The van der Waals surface area contributed by atoms with Crippen LogP contribution in [0.1, 0.15) is 18.1 Å². The molecule has 0 saturated heterocycles. The Bertz CT molecular complexity index is 718. The van der Waals surface area contributed by atoms with Gasteiger partial charge >= 0.3 is 0 Å². The Labute approximate surface area is 130 Å². The monoisotopic (exact) mass is 352 g/mol. The highest BCUT2D eigenvalue weighted by Crippen LogP contribution is 2.26. The highest BCUT2D eigenvalue weighted by molar-refractivity contribution is 9.10. The lowest BCUT2D eigenvalue weighted by Crippen LogP contribution is -2.09. The van der Waals surface area contributed by atoms with Crippen LogP contribution in [0, 0.1) is 0 Å². The molecular formula is C14H14BrClN4. The Morgan fingerprint density at radius 1 is 1.35 bits per heavy atom. The van der Waals surface area contributed by atoms with Crippen LogP contribution in [0.2, 0.25) is 0 Å². The van der Waals surface area contributed by atoms with E-state index in [-0.39, 0.29) is 5.38 Å². The van der Waals surface area contributed by atoms with Crippen LogP contribution >= 0.6 is 27.5 Å². The van der Waals surface area contributed by atoms with Crippen molar-refractivity contribution in [1.29, 1.82) is 0 Å². The average molecular weight is 354 g/mol. The van der Waals surface area contributed by atoms with E-state index in [1.807, 2.05) is 36.1 Å². The Kier molecular flexibility index (Phi) is 3.81. The summed E-state index contributed by atoms with van der Waals surface area (Å²) in [5.74, 6) is 0.903. The number of halogens is 2. The molecule has 6 heteroatoms. The third-order valence-corrected chi connectivity index (χ3v) is 3.93. The minimum absolute atomic E-state index is 0.121. The first-order valence-electron chi connectivity index (χ1n) is 6.40. The van der Waals surface area contributed by atoms with E-state index in [2.05, 4.69) is 36.5 Å². The van der Waals surface area contributed by atoms with Crippen molar-refractivity contribution in [2.24, 2.45) is 0 Å². The van der Waals surface area contributed by atoms with Crippen LogP contribution in [0.25, 0.3) is 11.0 Å². The van der Waals surface area contributed by atoms with Gasteiger partial charge in [-0.25, -0.2) is 9.97 Å². The van der Waals surface area contributed by atoms with Gasteiger partial charge in [-0.2, -0.15) is 0 Å². The van der Waals surface area contributed by atoms with Gasteiger partial charge in [-0.05, 0) is 25.1 Å². The van der Waals surface area contributed by atoms with E-state index in [4.69, 9.17) is 11.6 Å². The zero-order chi connectivity index (χ0) is 14.1. The zero-order valence-electron chi connectivity index (χ0n) is 11.0. The summed E-state index contributed by atoms with van der Waals surface area (Å²) >= 11 is 9.78. The molecule has 1 aromatic carbocycles. The molecule has 2 heterocycles. The van der Waals surface area contributed by atoms with Crippen LogP contribution < -0.4 is 0 Å². The molecule has 1 unspecified atom stereocenters. The molecule has 1 atom stereocenters. The minimum Gasteiger partial charge on any atom is -0.336 e. The second-order valence-electron chi connectivity index (χ2n) is 4.67. The Hall–Kier alpha value is -1.33. The van der Waals surface area contributed by atoms with Gasteiger partial charge in [0, 0.05) is 30.0 Å². The number of hydrogen-bond donors (Lipinski definition) is 0. The van der Waals surface area contributed by atoms with Crippen LogP contribution in [-0.4, -0.2) is 19.1 Å². The maximum Gasteiger partial charge on any atom is 0.127 e.